The van der Waals surface area contributed by atoms with Gasteiger partial charge in [0.25, 0.3) is 5.91 Å². The zero-order valence-electron chi connectivity index (χ0n) is 14.8. The number of rotatable bonds is 4. The van der Waals surface area contributed by atoms with Gasteiger partial charge >= 0.3 is 0 Å². The Kier molecular flexibility index (Phi) is 4.97. The van der Waals surface area contributed by atoms with Crippen molar-refractivity contribution >= 4 is 5.91 Å². The van der Waals surface area contributed by atoms with E-state index in [9.17, 15) is 9.90 Å². The van der Waals surface area contributed by atoms with Crippen molar-refractivity contribution in [2.24, 2.45) is 5.92 Å². The van der Waals surface area contributed by atoms with Gasteiger partial charge in [0.05, 0.1) is 29.3 Å². The lowest BCUT2D eigenvalue weighted by atomic mass is 9.85. The highest BCUT2D eigenvalue weighted by Crippen LogP contribution is 2.34. The van der Waals surface area contributed by atoms with Gasteiger partial charge in [-0.1, -0.05) is 19.3 Å². The lowest BCUT2D eigenvalue weighted by Crippen LogP contribution is -2.30. The van der Waals surface area contributed by atoms with Crippen molar-refractivity contribution in [2.75, 3.05) is 13.1 Å². The largest absolute Gasteiger partial charge is 0.391 e. The van der Waals surface area contributed by atoms with Crippen molar-refractivity contribution < 1.29 is 9.90 Å². The van der Waals surface area contributed by atoms with Crippen LogP contribution in [0.25, 0.3) is 0 Å². The normalized spacial score (nSPS) is 24.1. The summed E-state index contributed by atoms with van der Waals surface area (Å²) in [5.74, 6) is 0.355. The summed E-state index contributed by atoms with van der Waals surface area (Å²) in [4.78, 5) is 23.1. The number of carbonyl (C=O) groups is 1. The summed E-state index contributed by atoms with van der Waals surface area (Å²) in [5.41, 5.74) is 2.49. The number of likely N-dealkylation sites (tertiary alicyclic amines) is 1. The average molecular weight is 355 g/mol. The molecule has 26 heavy (non-hydrogen) atoms. The molecule has 2 aromatic rings. The molecule has 3 heterocycles. The van der Waals surface area contributed by atoms with E-state index < -0.39 is 6.10 Å². The SMILES string of the molecule is O=C(c1cn[nH]c1C1CCCCC1)N1C[C@@H](Cc2cnccn2)[C@H](O)C1. The average Bonchev–Trinajstić information content (AvgIpc) is 3.30. The molecule has 7 heteroatoms. The molecule has 1 aliphatic heterocycles. The molecule has 7 nitrogen and oxygen atoms in total. The summed E-state index contributed by atoms with van der Waals surface area (Å²) >= 11 is 0. The second-order valence-electron chi connectivity index (χ2n) is 7.47. The van der Waals surface area contributed by atoms with Gasteiger partial charge in [0.1, 0.15) is 0 Å². The number of aliphatic hydroxyl groups is 1. The molecule has 2 aromatic heterocycles. The molecule has 0 radical (unpaired) electrons. The first-order valence-electron chi connectivity index (χ1n) is 9.48. The zero-order chi connectivity index (χ0) is 17.9. The summed E-state index contributed by atoms with van der Waals surface area (Å²) in [6, 6.07) is 0. The highest BCUT2D eigenvalue weighted by Gasteiger charge is 2.36. The van der Waals surface area contributed by atoms with Crippen molar-refractivity contribution in [1.29, 1.82) is 0 Å². The van der Waals surface area contributed by atoms with E-state index in [1.807, 2.05) is 0 Å². The van der Waals surface area contributed by atoms with Crippen LogP contribution in [-0.2, 0) is 6.42 Å². The number of aromatic nitrogens is 4. The molecule has 0 unspecified atom stereocenters. The molecule has 1 aliphatic carbocycles. The zero-order valence-corrected chi connectivity index (χ0v) is 14.8. The van der Waals surface area contributed by atoms with Crippen LogP contribution in [0.3, 0.4) is 0 Å². The van der Waals surface area contributed by atoms with Gasteiger partial charge in [0.2, 0.25) is 0 Å². The van der Waals surface area contributed by atoms with Crippen molar-refractivity contribution in [3.05, 3.63) is 41.7 Å². The number of nitrogens with one attached hydrogen (secondary N) is 1. The molecule has 138 valence electrons. The van der Waals surface area contributed by atoms with Gasteiger partial charge in [-0.3, -0.25) is 19.9 Å². The first-order chi connectivity index (χ1) is 12.7. The number of amides is 1. The van der Waals surface area contributed by atoms with Crippen LogP contribution in [0.5, 0.6) is 0 Å². The molecule has 2 atom stereocenters. The van der Waals surface area contributed by atoms with Crippen molar-refractivity contribution in [2.45, 2.75) is 50.5 Å². The fourth-order valence-electron chi connectivity index (χ4n) is 4.26. The first kappa shape index (κ1) is 17.1. The maximum atomic E-state index is 13.0. The third kappa shape index (κ3) is 3.49. The van der Waals surface area contributed by atoms with Gasteiger partial charge < -0.3 is 10.0 Å². The summed E-state index contributed by atoms with van der Waals surface area (Å²) in [7, 11) is 0. The molecule has 2 fully saturated rings. The maximum absolute atomic E-state index is 13.0. The monoisotopic (exact) mass is 355 g/mol. The fourth-order valence-corrected chi connectivity index (χ4v) is 4.26. The highest BCUT2D eigenvalue weighted by molar-refractivity contribution is 5.95. The number of aromatic amines is 1. The summed E-state index contributed by atoms with van der Waals surface area (Å²) in [5, 5.41) is 17.6. The van der Waals surface area contributed by atoms with Crippen molar-refractivity contribution in [1.82, 2.24) is 25.1 Å². The van der Waals surface area contributed by atoms with Gasteiger partial charge in [-0.05, 0) is 19.3 Å². The van der Waals surface area contributed by atoms with Crippen LogP contribution in [0.2, 0.25) is 0 Å². The third-order valence-electron chi connectivity index (χ3n) is 5.69. The minimum atomic E-state index is -0.536. The molecular weight excluding hydrogens is 330 g/mol. The number of nitrogens with zero attached hydrogens (tertiary/aromatic N) is 4. The number of H-pyrrole nitrogens is 1. The van der Waals surface area contributed by atoms with Gasteiger partial charge in [-0.2, -0.15) is 5.10 Å². The number of carbonyl (C=O) groups excluding carboxylic acids is 1. The van der Waals surface area contributed by atoms with Crippen molar-refractivity contribution in [3.63, 3.8) is 0 Å². The van der Waals surface area contributed by atoms with Gasteiger partial charge in [-0.15, -0.1) is 0 Å². The molecule has 0 bridgehead atoms. The Hall–Kier alpha value is -2.28. The minimum Gasteiger partial charge on any atom is -0.391 e. The smallest absolute Gasteiger partial charge is 0.257 e. The van der Waals surface area contributed by atoms with Gasteiger partial charge in [-0.25, -0.2) is 0 Å². The molecule has 0 spiro atoms. The van der Waals surface area contributed by atoms with E-state index in [1.54, 1.807) is 29.7 Å². The Morgan fingerprint density at radius 3 is 2.81 bits per heavy atom. The Morgan fingerprint density at radius 1 is 1.19 bits per heavy atom. The molecule has 2 N–H and O–H groups in total. The first-order valence-corrected chi connectivity index (χ1v) is 9.48. The number of β-amino-alcohol motifs (C(OH)–C–C–N with tert-alkyl or cyclic N) is 1. The second kappa shape index (κ2) is 7.53. The van der Waals surface area contributed by atoms with Crippen molar-refractivity contribution in [3.8, 4) is 0 Å². The summed E-state index contributed by atoms with van der Waals surface area (Å²) in [6.45, 7) is 0.894. The lowest BCUT2D eigenvalue weighted by molar-refractivity contribution is 0.0762. The molecule has 0 aromatic carbocycles. The van der Waals surface area contributed by atoms with Crippen LogP contribution in [0.4, 0.5) is 0 Å². The number of aliphatic hydroxyl groups excluding tert-OH is 1. The van der Waals surface area contributed by atoms with Crippen LogP contribution < -0.4 is 0 Å². The second-order valence-corrected chi connectivity index (χ2v) is 7.47. The van der Waals surface area contributed by atoms with E-state index in [2.05, 4.69) is 20.2 Å². The predicted octanol–water partition coefficient (Wildman–Crippen LogP) is 1.92. The van der Waals surface area contributed by atoms with Crippen LogP contribution in [0.15, 0.2) is 24.8 Å². The van der Waals surface area contributed by atoms with E-state index in [4.69, 9.17) is 0 Å². The van der Waals surface area contributed by atoms with E-state index >= 15 is 0 Å². The van der Waals surface area contributed by atoms with Crippen LogP contribution in [0, 0.1) is 5.92 Å². The van der Waals surface area contributed by atoms with Gasteiger partial charge in [0.15, 0.2) is 0 Å². The molecule has 2 aliphatic rings. The Morgan fingerprint density at radius 2 is 2.04 bits per heavy atom. The maximum Gasteiger partial charge on any atom is 0.257 e. The molecular formula is C19H25N5O2. The number of hydrogen-bond acceptors (Lipinski definition) is 5. The summed E-state index contributed by atoms with van der Waals surface area (Å²) < 4.78 is 0. The lowest BCUT2D eigenvalue weighted by Gasteiger charge is -2.22. The van der Waals surface area contributed by atoms with Crippen LogP contribution >= 0.6 is 0 Å². The third-order valence-corrected chi connectivity index (χ3v) is 5.69. The fraction of sp³-hybridized carbons (Fsp3) is 0.579. The number of hydrogen-bond donors (Lipinski definition) is 2. The Balaban J connectivity index is 1.45. The molecule has 4 rings (SSSR count). The summed E-state index contributed by atoms with van der Waals surface area (Å²) in [6.07, 6.45) is 12.7. The van der Waals surface area contributed by atoms with E-state index in [1.165, 1.54) is 19.3 Å². The van der Waals surface area contributed by atoms with Crippen LogP contribution in [0.1, 0.15) is 59.8 Å². The van der Waals surface area contributed by atoms with E-state index in [-0.39, 0.29) is 11.8 Å². The topological polar surface area (TPSA) is 95.0 Å². The van der Waals surface area contributed by atoms with Crippen LogP contribution in [-0.4, -0.2) is 55.3 Å². The minimum absolute atomic E-state index is 0.0133. The van der Waals surface area contributed by atoms with Gasteiger partial charge in [0, 0.05) is 43.5 Å². The Labute approximate surface area is 152 Å². The van der Waals surface area contributed by atoms with E-state index in [0.717, 1.165) is 24.2 Å². The van der Waals surface area contributed by atoms with E-state index in [0.29, 0.717) is 31.0 Å². The Bertz CT molecular complexity index is 741. The quantitative estimate of drug-likeness (QED) is 0.874. The predicted molar refractivity (Wildman–Crippen MR) is 95.6 cm³/mol. The highest BCUT2D eigenvalue weighted by atomic mass is 16.3. The standard InChI is InChI=1S/C19H25N5O2/c25-17-12-24(11-14(17)8-15-9-20-6-7-21-15)19(26)16-10-22-23-18(16)13-4-2-1-3-5-13/h6-7,9-10,13-14,17,25H,1-5,8,11-12H2,(H,22,23)/t14-,17-/m1/s1. The molecule has 1 saturated heterocycles. The molecule has 1 saturated carbocycles. The molecule has 1 amide bonds.